The lowest BCUT2D eigenvalue weighted by atomic mass is 9.96. The smallest absolute Gasteiger partial charge is 0.309 e. The first-order chi connectivity index (χ1) is 17.1. The van der Waals surface area contributed by atoms with Gasteiger partial charge >= 0.3 is 5.97 Å². The lowest BCUT2D eigenvalue weighted by Gasteiger charge is -2.36. The number of anilines is 1. The second-order valence-electron chi connectivity index (χ2n) is 8.77. The zero-order valence-corrected chi connectivity index (χ0v) is 19.8. The van der Waals surface area contributed by atoms with E-state index in [2.05, 4.69) is 14.9 Å². The number of pyridine rings is 2. The van der Waals surface area contributed by atoms with Crippen LogP contribution in [-0.2, 0) is 22.5 Å². The van der Waals surface area contributed by atoms with Crippen molar-refractivity contribution in [2.45, 2.75) is 32.7 Å². The molecule has 0 radical (unpaired) electrons. The number of rotatable bonds is 5. The Kier molecular flexibility index (Phi) is 6.65. The molecule has 0 saturated carbocycles. The van der Waals surface area contributed by atoms with Crippen LogP contribution in [0.15, 0.2) is 49.1 Å². The van der Waals surface area contributed by atoms with Crippen LogP contribution in [-0.4, -0.2) is 63.0 Å². The van der Waals surface area contributed by atoms with Crippen LogP contribution in [0.25, 0.3) is 11.4 Å². The van der Waals surface area contributed by atoms with E-state index in [1.807, 2.05) is 24.0 Å². The average Bonchev–Trinajstić information content (AvgIpc) is 2.93. The topological polar surface area (TPSA) is 101 Å². The van der Waals surface area contributed by atoms with E-state index in [0.29, 0.717) is 63.4 Å². The van der Waals surface area contributed by atoms with Gasteiger partial charge in [0.15, 0.2) is 5.82 Å². The number of hydrogen-bond donors (Lipinski definition) is 0. The van der Waals surface area contributed by atoms with Crippen LogP contribution in [0.4, 0.5) is 5.82 Å². The Morgan fingerprint density at radius 2 is 1.80 bits per heavy atom. The second-order valence-corrected chi connectivity index (χ2v) is 8.77. The highest BCUT2D eigenvalue weighted by atomic mass is 16.5. The van der Waals surface area contributed by atoms with Crippen LogP contribution in [0, 0.1) is 5.92 Å². The standard InChI is InChI=1S/C26H28N6O3/c1-2-35-26(34)18-7-12-31(13-8-18)24-21-17-32(25(33)20-6-4-11-28-16-20)14-9-22(21)29-23(30-24)19-5-3-10-27-15-19/h3-6,10-11,15-16,18H,2,7-9,12-14,17H2,1H3. The minimum Gasteiger partial charge on any atom is -0.466 e. The third kappa shape index (κ3) is 4.84. The molecular formula is C26H28N6O3. The summed E-state index contributed by atoms with van der Waals surface area (Å²) < 4.78 is 5.23. The molecular weight excluding hydrogens is 444 g/mol. The molecule has 9 heteroatoms. The second kappa shape index (κ2) is 10.2. The first-order valence-corrected chi connectivity index (χ1v) is 12.0. The van der Waals surface area contributed by atoms with Crippen LogP contribution < -0.4 is 4.90 Å². The van der Waals surface area contributed by atoms with Crippen molar-refractivity contribution >= 4 is 17.7 Å². The normalized spacial score (nSPS) is 16.0. The molecule has 2 aliphatic heterocycles. The summed E-state index contributed by atoms with van der Waals surface area (Å²) in [5.74, 6) is 1.20. The minimum atomic E-state index is -0.124. The number of esters is 1. The van der Waals surface area contributed by atoms with E-state index < -0.39 is 0 Å². The molecule has 9 nitrogen and oxygen atoms in total. The number of fused-ring (bicyclic) bond motifs is 1. The molecule has 2 aliphatic rings. The maximum Gasteiger partial charge on any atom is 0.309 e. The van der Waals surface area contributed by atoms with Gasteiger partial charge in [-0.3, -0.25) is 19.6 Å². The van der Waals surface area contributed by atoms with Crippen molar-refractivity contribution < 1.29 is 14.3 Å². The van der Waals surface area contributed by atoms with Crippen molar-refractivity contribution in [1.29, 1.82) is 0 Å². The Labute approximate surface area is 204 Å². The van der Waals surface area contributed by atoms with Gasteiger partial charge in [-0.15, -0.1) is 0 Å². The molecule has 1 amide bonds. The van der Waals surface area contributed by atoms with Crippen LogP contribution in [0.5, 0.6) is 0 Å². The molecule has 0 unspecified atom stereocenters. The molecule has 5 heterocycles. The van der Waals surface area contributed by atoms with E-state index in [4.69, 9.17) is 14.7 Å². The summed E-state index contributed by atoms with van der Waals surface area (Å²) in [7, 11) is 0. The number of aromatic nitrogens is 4. The van der Waals surface area contributed by atoms with E-state index in [1.54, 1.807) is 36.9 Å². The maximum absolute atomic E-state index is 13.1. The number of carbonyl (C=O) groups excluding carboxylic acids is 2. The zero-order valence-electron chi connectivity index (χ0n) is 19.8. The molecule has 1 fully saturated rings. The Hall–Kier alpha value is -3.88. The third-order valence-electron chi connectivity index (χ3n) is 6.57. The number of piperidine rings is 1. The predicted octanol–water partition coefficient (Wildman–Crippen LogP) is 2.91. The van der Waals surface area contributed by atoms with Gasteiger partial charge in [-0.05, 0) is 44.0 Å². The van der Waals surface area contributed by atoms with Crippen molar-refractivity contribution in [2.75, 3.05) is 31.1 Å². The van der Waals surface area contributed by atoms with Crippen LogP contribution in [0.1, 0.15) is 41.4 Å². The van der Waals surface area contributed by atoms with Crippen LogP contribution in [0.3, 0.4) is 0 Å². The molecule has 35 heavy (non-hydrogen) atoms. The van der Waals surface area contributed by atoms with Crippen molar-refractivity contribution in [3.8, 4) is 11.4 Å². The summed E-state index contributed by atoms with van der Waals surface area (Å²) in [5.41, 5.74) is 3.35. The van der Waals surface area contributed by atoms with Gasteiger partial charge in [0, 0.05) is 62.0 Å². The number of nitrogens with zero attached hydrogens (tertiary/aromatic N) is 6. The zero-order chi connectivity index (χ0) is 24.2. The lowest BCUT2D eigenvalue weighted by Crippen LogP contribution is -2.41. The Morgan fingerprint density at radius 1 is 1.03 bits per heavy atom. The minimum absolute atomic E-state index is 0.0490. The first kappa shape index (κ1) is 22.9. The third-order valence-corrected chi connectivity index (χ3v) is 6.57. The van der Waals surface area contributed by atoms with Gasteiger partial charge < -0.3 is 14.5 Å². The monoisotopic (exact) mass is 472 g/mol. The Morgan fingerprint density at radius 3 is 2.49 bits per heavy atom. The summed E-state index contributed by atoms with van der Waals surface area (Å²) >= 11 is 0. The SMILES string of the molecule is CCOC(=O)C1CCN(c2nc(-c3cccnc3)nc3c2CN(C(=O)c2cccnc2)CC3)CC1. The largest absolute Gasteiger partial charge is 0.466 e. The fourth-order valence-corrected chi connectivity index (χ4v) is 4.71. The van der Waals surface area contributed by atoms with Crippen LogP contribution >= 0.6 is 0 Å². The van der Waals surface area contributed by atoms with Gasteiger partial charge in [0.2, 0.25) is 0 Å². The summed E-state index contributed by atoms with van der Waals surface area (Å²) in [5, 5.41) is 0. The van der Waals surface area contributed by atoms with Crippen molar-refractivity contribution in [3.63, 3.8) is 0 Å². The lowest BCUT2D eigenvalue weighted by molar-refractivity contribution is -0.148. The highest BCUT2D eigenvalue weighted by Crippen LogP contribution is 2.32. The Balaban J connectivity index is 1.46. The van der Waals surface area contributed by atoms with Gasteiger partial charge in [-0.1, -0.05) is 0 Å². The summed E-state index contributed by atoms with van der Waals surface area (Å²) in [4.78, 5) is 47.6. The molecule has 0 N–H and O–H groups in total. The summed E-state index contributed by atoms with van der Waals surface area (Å²) in [6.07, 6.45) is 8.80. The van der Waals surface area contributed by atoms with Crippen molar-refractivity contribution in [3.05, 3.63) is 65.9 Å². The molecule has 0 atom stereocenters. The molecule has 180 valence electrons. The van der Waals surface area contributed by atoms with Crippen molar-refractivity contribution in [1.82, 2.24) is 24.8 Å². The number of amides is 1. The molecule has 0 spiro atoms. The molecule has 3 aromatic rings. The van der Waals surface area contributed by atoms with E-state index in [-0.39, 0.29) is 17.8 Å². The quantitative estimate of drug-likeness (QED) is 0.523. The predicted molar refractivity (Wildman–Crippen MR) is 130 cm³/mol. The van der Waals surface area contributed by atoms with E-state index in [9.17, 15) is 9.59 Å². The molecule has 0 bridgehead atoms. The fourth-order valence-electron chi connectivity index (χ4n) is 4.71. The molecule has 1 saturated heterocycles. The Bertz CT molecular complexity index is 1200. The van der Waals surface area contributed by atoms with E-state index >= 15 is 0 Å². The van der Waals surface area contributed by atoms with Gasteiger partial charge in [-0.25, -0.2) is 9.97 Å². The van der Waals surface area contributed by atoms with E-state index in [1.165, 1.54) is 0 Å². The number of carbonyl (C=O) groups is 2. The molecule has 0 aromatic carbocycles. The van der Waals surface area contributed by atoms with Gasteiger partial charge in [0.25, 0.3) is 5.91 Å². The van der Waals surface area contributed by atoms with E-state index in [0.717, 1.165) is 22.6 Å². The first-order valence-electron chi connectivity index (χ1n) is 12.0. The fraction of sp³-hybridized carbons (Fsp3) is 0.385. The van der Waals surface area contributed by atoms with Gasteiger partial charge in [0.05, 0.1) is 30.3 Å². The maximum atomic E-state index is 13.1. The molecule has 3 aromatic heterocycles. The van der Waals surface area contributed by atoms with Gasteiger partial charge in [0.1, 0.15) is 5.82 Å². The molecule has 5 rings (SSSR count). The number of ether oxygens (including phenoxy) is 1. The highest BCUT2D eigenvalue weighted by Gasteiger charge is 2.32. The average molecular weight is 473 g/mol. The highest BCUT2D eigenvalue weighted by molar-refractivity contribution is 5.94. The van der Waals surface area contributed by atoms with Gasteiger partial charge in [-0.2, -0.15) is 0 Å². The van der Waals surface area contributed by atoms with Crippen molar-refractivity contribution in [2.24, 2.45) is 5.92 Å². The summed E-state index contributed by atoms with van der Waals surface area (Å²) in [6, 6.07) is 7.38. The molecule has 0 aliphatic carbocycles. The number of hydrogen-bond acceptors (Lipinski definition) is 8. The summed E-state index contributed by atoms with van der Waals surface area (Å²) in [6.45, 7) is 4.62. The van der Waals surface area contributed by atoms with Crippen LogP contribution in [0.2, 0.25) is 0 Å².